The summed E-state index contributed by atoms with van der Waals surface area (Å²) in [5, 5.41) is 8.54. The van der Waals surface area contributed by atoms with E-state index < -0.39 is 0 Å². The van der Waals surface area contributed by atoms with Gasteiger partial charge in [-0.3, -0.25) is 4.79 Å². The van der Waals surface area contributed by atoms with Crippen molar-refractivity contribution in [1.29, 1.82) is 0 Å². The van der Waals surface area contributed by atoms with Crippen molar-refractivity contribution in [3.8, 4) is 17.2 Å². The molecule has 3 rings (SSSR count). The minimum Gasteiger partial charge on any atom is -0.497 e. The topological polar surface area (TPSA) is 65.2 Å². The lowest BCUT2D eigenvalue weighted by molar-refractivity contribution is 0.0993. The Balaban J connectivity index is 1.71. The first-order chi connectivity index (χ1) is 12.1. The number of carbonyl (C=O) groups excluding carboxylic acids is 1. The number of hydrogen-bond acceptors (Lipinski definition) is 6. The van der Waals surface area contributed by atoms with E-state index in [1.54, 1.807) is 38.3 Å². The van der Waals surface area contributed by atoms with E-state index in [2.05, 4.69) is 10.2 Å². The number of thioether (sulfide) groups is 1. The summed E-state index contributed by atoms with van der Waals surface area (Å²) < 4.78 is 10.8. The summed E-state index contributed by atoms with van der Waals surface area (Å²) >= 11 is 7.16. The van der Waals surface area contributed by atoms with Gasteiger partial charge in [0.2, 0.25) is 5.89 Å². The Labute approximate surface area is 154 Å². The van der Waals surface area contributed by atoms with Crippen molar-refractivity contribution in [3.05, 3.63) is 59.1 Å². The molecule has 0 spiro atoms. The molecule has 1 unspecified atom stereocenters. The highest BCUT2D eigenvalue weighted by atomic mass is 35.5. The molecule has 0 N–H and O–H groups in total. The van der Waals surface area contributed by atoms with E-state index in [4.69, 9.17) is 20.8 Å². The zero-order valence-electron chi connectivity index (χ0n) is 13.6. The maximum Gasteiger partial charge on any atom is 0.277 e. The third-order valence-electron chi connectivity index (χ3n) is 3.50. The summed E-state index contributed by atoms with van der Waals surface area (Å²) in [4.78, 5) is 12.5. The van der Waals surface area contributed by atoms with Gasteiger partial charge in [-0.05, 0) is 43.3 Å². The maximum atomic E-state index is 12.5. The van der Waals surface area contributed by atoms with Crippen LogP contribution in [0.15, 0.2) is 58.2 Å². The third-order valence-corrected chi connectivity index (χ3v) is 4.67. The number of methoxy groups -OCH3 is 1. The highest BCUT2D eigenvalue weighted by molar-refractivity contribution is 8.00. The lowest BCUT2D eigenvalue weighted by atomic mass is 10.1. The van der Waals surface area contributed by atoms with Gasteiger partial charge < -0.3 is 9.15 Å². The number of rotatable bonds is 6. The fourth-order valence-electron chi connectivity index (χ4n) is 2.19. The van der Waals surface area contributed by atoms with Crippen molar-refractivity contribution in [3.63, 3.8) is 0 Å². The molecule has 1 aromatic heterocycles. The molecule has 5 nitrogen and oxygen atoms in total. The molecule has 0 radical (unpaired) electrons. The summed E-state index contributed by atoms with van der Waals surface area (Å²) in [6.07, 6.45) is 0. The number of carbonyl (C=O) groups is 1. The molecule has 7 heteroatoms. The van der Waals surface area contributed by atoms with E-state index >= 15 is 0 Å². The second-order valence-electron chi connectivity index (χ2n) is 5.24. The zero-order chi connectivity index (χ0) is 17.8. The second-order valence-corrected chi connectivity index (χ2v) is 6.96. The molecular weight excluding hydrogens is 360 g/mol. The normalized spacial score (nSPS) is 12.0. The Kier molecular flexibility index (Phi) is 5.40. The largest absolute Gasteiger partial charge is 0.497 e. The Morgan fingerprint density at radius 2 is 1.96 bits per heavy atom. The van der Waals surface area contributed by atoms with Crippen LogP contribution >= 0.6 is 23.4 Å². The number of ketones is 1. The van der Waals surface area contributed by atoms with Crippen LogP contribution in [0.3, 0.4) is 0 Å². The van der Waals surface area contributed by atoms with Gasteiger partial charge in [-0.1, -0.05) is 35.5 Å². The molecule has 3 aromatic rings. The fourth-order valence-corrected chi connectivity index (χ4v) is 3.14. The van der Waals surface area contributed by atoms with Crippen LogP contribution in [-0.2, 0) is 0 Å². The minimum absolute atomic E-state index is 0.0447. The summed E-state index contributed by atoms with van der Waals surface area (Å²) in [5.74, 6) is 1.10. The standard InChI is InChI=1S/C18H15ClN2O3S/c1-11(16(22)13-4-3-5-14(19)10-13)25-18-21-20-17(24-18)12-6-8-15(23-2)9-7-12/h3-11H,1-2H3. The monoisotopic (exact) mass is 374 g/mol. The van der Waals surface area contributed by atoms with E-state index in [1.807, 2.05) is 24.3 Å². The first kappa shape index (κ1) is 17.5. The van der Waals surface area contributed by atoms with Crippen LogP contribution in [0.4, 0.5) is 0 Å². The minimum atomic E-state index is -0.373. The first-order valence-corrected chi connectivity index (χ1v) is 8.77. The van der Waals surface area contributed by atoms with Crippen molar-refractivity contribution in [2.24, 2.45) is 0 Å². The van der Waals surface area contributed by atoms with Gasteiger partial charge in [-0.15, -0.1) is 10.2 Å². The molecule has 0 aliphatic rings. The van der Waals surface area contributed by atoms with Crippen LogP contribution in [0, 0.1) is 0 Å². The summed E-state index contributed by atoms with van der Waals surface area (Å²) in [5.41, 5.74) is 1.34. The number of aromatic nitrogens is 2. The van der Waals surface area contributed by atoms with Crippen molar-refractivity contribution < 1.29 is 13.9 Å². The Morgan fingerprint density at radius 3 is 2.64 bits per heavy atom. The molecule has 2 aromatic carbocycles. The molecule has 1 atom stereocenters. The van der Waals surface area contributed by atoms with Crippen LogP contribution in [0.25, 0.3) is 11.5 Å². The quantitative estimate of drug-likeness (QED) is 0.457. The maximum absolute atomic E-state index is 12.5. The third kappa shape index (κ3) is 4.21. The average molecular weight is 375 g/mol. The fraction of sp³-hybridized carbons (Fsp3) is 0.167. The predicted molar refractivity (Wildman–Crippen MR) is 97.4 cm³/mol. The SMILES string of the molecule is COc1ccc(-c2nnc(SC(C)C(=O)c3cccc(Cl)c3)o2)cc1. The van der Waals surface area contributed by atoms with E-state index in [9.17, 15) is 4.79 Å². The van der Waals surface area contributed by atoms with Crippen LogP contribution in [0.5, 0.6) is 5.75 Å². The number of ether oxygens (including phenoxy) is 1. The predicted octanol–water partition coefficient (Wildman–Crippen LogP) is 4.76. The molecule has 1 heterocycles. The number of halogens is 1. The molecule has 128 valence electrons. The molecule has 0 amide bonds. The van der Waals surface area contributed by atoms with Crippen LogP contribution < -0.4 is 4.74 Å². The Morgan fingerprint density at radius 1 is 1.20 bits per heavy atom. The summed E-state index contributed by atoms with van der Waals surface area (Å²) in [6.45, 7) is 1.80. The summed E-state index contributed by atoms with van der Waals surface area (Å²) in [7, 11) is 1.61. The number of Topliss-reactive ketones (excluding diaryl/α,β-unsaturated/α-hetero) is 1. The molecule has 0 aliphatic carbocycles. The lowest BCUT2D eigenvalue weighted by Gasteiger charge is -2.07. The van der Waals surface area contributed by atoms with Gasteiger partial charge in [0.05, 0.1) is 12.4 Å². The van der Waals surface area contributed by atoms with E-state index in [1.165, 1.54) is 11.8 Å². The van der Waals surface area contributed by atoms with Gasteiger partial charge in [-0.25, -0.2) is 0 Å². The van der Waals surface area contributed by atoms with Crippen LogP contribution in [0.1, 0.15) is 17.3 Å². The smallest absolute Gasteiger partial charge is 0.277 e. The highest BCUT2D eigenvalue weighted by Crippen LogP contribution is 2.28. The molecule has 0 saturated carbocycles. The number of nitrogens with zero attached hydrogens (tertiary/aromatic N) is 2. The van der Waals surface area contributed by atoms with E-state index in [0.29, 0.717) is 21.7 Å². The van der Waals surface area contributed by atoms with Gasteiger partial charge in [0.25, 0.3) is 5.22 Å². The van der Waals surface area contributed by atoms with E-state index in [-0.39, 0.29) is 11.0 Å². The van der Waals surface area contributed by atoms with Crippen molar-refractivity contribution >= 4 is 29.1 Å². The summed E-state index contributed by atoms with van der Waals surface area (Å²) in [6, 6.07) is 14.2. The molecule has 0 saturated heterocycles. The van der Waals surface area contributed by atoms with Gasteiger partial charge in [0.15, 0.2) is 5.78 Å². The highest BCUT2D eigenvalue weighted by Gasteiger charge is 2.20. The first-order valence-electron chi connectivity index (χ1n) is 7.51. The van der Waals surface area contributed by atoms with Gasteiger partial charge in [0, 0.05) is 16.1 Å². The molecule has 0 bridgehead atoms. The average Bonchev–Trinajstić information content (AvgIpc) is 3.09. The lowest BCUT2D eigenvalue weighted by Crippen LogP contribution is -2.13. The van der Waals surface area contributed by atoms with Gasteiger partial charge in [-0.2, -0.15) is 0 Å². The van der Waals surface area contributed by atoms with Crippen molar-refractivity contribution in [2.75, 3.05) is 7.11 Å². The van der Waals surface area contributed by atoms with Gasteiger partial charge >= 0.3 is 0 Å². The molecule has 0 fully saturated rings. The van der Waals surface area contributed by atoms with Crippen LogP contribution in [0.2, 0.25) is 5.02 Å². The molecular formula is C18H15ClN2O3S. The van der Waals surface area contributed by atoms with E-state index in [0.717, 1.165) is 11.3 Å². The number of benzene rings is 2. The van der Waals surface area contributed by atoms with Crippen molar-refractivity contribution in [1.82, 2.24) is 10.2 Å². The zero-order valence-corrected chi connectivity index (χ0v) is 15.2. The molecule has 0 aliphatic heterocycles. The van der Waals surface area contributed by atoms with Crippen LogP contribution in [-0.4, -0.2) is 28.3 Å². The van der Waals surface area contributed by atoms with Crippen molar-refractivity contribution in [2.45, 2.75) is 17.4 Å². The second kappa shape index (κ2) is 7.72. The number of hydrogen-bond donors (Lipinski definition) is 0. The Hall–Kier alpha value is -2.31. The molecule has 25 heavy (non-hydrogen) atoms. The Bertz CT molecular complexity index is 880. The van der Waals surface area contributed by atoms with Gasteiger partial charge in [0.1, 0.15) is 5.75 Å².